The monoisotopic (exact) mass is 342 g/mol. The molecular formula is C19H22N2O4. The minimum Gasteiger partial charge on any atom is -0.481 e. The Morgan fingerprint density at radius 2 is 1.80 bits per heavy atom. The van der Waals surface area contributed by atoms with Gasteiger partial charge in [0, 0.05) is 26.2 Å². The van der Waals surface area contributed by atoms with E-state index in [0.29, 0.717) is 44.2 Å². The number of amides is 1. The highest BCUT2D eigenvalue weighted by atomic mass is 16.5. The molecule has 1 atom stereocenters. The minimum absolute atomic E-state index is 0.0270. The Labute approximate surface area is 147 Å². The van der Waals surface area contributed by atoms with Gasteiger partial charge in [0.1, 0.15) is 5.75 Å². The summed E-state index contributed by atoms with van der Waals surface area (Å²) in [4.78, 5) is 28.4. The van der Waals surface area contributed by atoms with Crippen LogP contribution in [-0.2, 0) is 4.79 Å². The lowest BCUT2D eigenvalue weighted by molar-refractivity contribution is -0.139. The summed E-state index contributed by atoms with van der Waals surface area (Å²) in [5.41, 5.74) is 0. The first-order chi connectivity index (χ1) is 12.1. The lowest BCUT2D eigenvalue weighted by Crippen LogP contribution is -2.52. The number of piperazine rings is 1. The fourth-order valence-corrected chi connectivity index (χ4v) is 2.86. The Morgan fingerprint density at radius 3 is 2.44 bits per heavy atom. The molecule has 1 amide bonds. The summed E-state index contributed by atoms with van der Waals surface area (Å²) >= 11 is 0. The van der Waals surface area contributed by atoms with Crippen molar-refractivity contribution >= 4 is 11.7 Å². The average molecular weight is 342 g/mol. The molecule has 132 valence electrons. The van der Waals surface area contributed by atoms with Crippen molar-refractivity contribution in [2.24, 2.45) is 0 Å². The molecule has 0 saturated carbocycles. The number of hydrogen-bond acceptors (Lipinski definition) is 5. The van der Waals surface area contributed by atoms with Crippen molar-refractivity contribution in [3.63, 3.8) is 0 Å². The second-order valence-corrected chi connectivity index (χ2v) is 6.08. The Bertz CT molecular complexity index is 691. The van der Waals surface area contributed by atoms with Crippen molar-refractivity contribution in [2.75, 3.05) is 32.7 Å². The van der Waals surface area contributed by atoms with Crippen molar-refractivity contribution in [3.05, 3.63) is 54.5 Å². The number of ether oxygens (including phenoxy) is 1. The number of para-hydroxylation sites is 1. The molecule has 1 unspecified atom stereocenters. The smallest absolute Gasteiger partial charge is 0.263 e. The van der Waals surface area contributed by atoms with Gasteiger partial charge in [-0.2, -0.15) is 0 Å². The van der Waals surface area contributed by atoms with Crippen LogP contribution >= 0.6 is 0 Å². The van der Waals surface area contributed by atoms with E-state index >= 15 is 0 Å². The lowest BCUT2D eigenvalue weighted by Gasteiger charge is -2.35. The Kier molecular flexibility index (Phi) is 5.50. The largest absolute Gasteiger partial charge is 0.481 e. The third-order valence-electron chi connectivity index (χ3n) is 4.25. The first-order valence-corrected chi connectivity index (χ1v) is 8.43. The fraction of sp³-hybridized carbons (Fsp3) is 0.368. The van der Waals surface area contributed by atoms with Crippen LogP contribution in [0.2, 0.25) is 0 Å². The minimum atomic E-state index is -0.529. The molecule has 0 N–H and O–H groups in total. The highest BCUT2D eigenvalue weighted by Gasteiger charge is 2.27. The van der Waals surface area contributed by atoms with Crippen molar-refractivity contribution in [1.82, 2.24) is 9.80 Å². The van der Waals surface area contributed by atoms with Crippen LogP contribution in [0.4, 0.5) is 0 Å². The number of carbonyl (C=O) groups excluding carboxylic acids is 2. The van der Waals surface area contributed by atoms with E-state index in [2.05, 4.69) is 0 Å². The van der Waals surface area contributed by atoms with Gasteiger partial charge in [-0.25, -0.2) is 0 Å². The molecule has 0 bridgehead atoms. The number of carbonyl (C=O) groups is 2. The van der Waals surface area contributed by atoms with Crippen LogP contribution in [0.1, 0.15) is 17.5 Å². The molecule has 0 spiro atoms. The normalized spacial score (nSPS) is 16.4. The van der Waals surface area contributed by atoms with Crippen LogP contribution in [0.25, 0.3) is 0 Å². The second-order valence-electron chi connectivity index (χ2n) is 6.08. The van der Waals surface area contributed by atoms with Crippen LogP contribution in [0, 0.1) is 0 Å². The molecule has 1 aliphatic heterocycles. The van der Waals surface area contributed by atoms with Crippen LogP contribution in [-0.4, -0.2) is 60.3 Å². The maximum atomic E-state index is 12.5. The maximum absolute atomic E-state index is 12.5. The molecule has 1 fully saturated rings. The molecule has 0 radical (unpaired) electrons. The van der Waals surface area contributed by atoms with E-state index in [1.54, 1.807) is 24.0 Å². The number of Topliss-reactive ketones (excluding diaryl/α,β-unsaturated/α-hetero) is 1. The Balaban J connectivity index is 1.46. The molecule has 6 heteroatoms. The summed E-state index contributed by atoms with van der Waals surface area (Å²) in [6.45, 7) is 4.58. The van der Waals surface area contributed by atoms with Gasteiger partial charge in [0.25, 0.3) is 5.91 Å². The summed E-state index contributed by atoms with van der Waals surface area (Å²) in [6, 6.07) is 12.7. The number of ketones is 1. The van der Waals surface area contributed by atoms with Crippen molar-refractivity contribution in [1.29, 1.82) is 0 Å². The number of nitrogens with zero attached hydrogens (tertiary/aromatic N) is 2. The molecule has 0 aliphatic carbocycles. The molecule has 3 rings (SSSR count). The standard InChI is InChI=1S/C19H22N2O4/c1-15(25-16-6-3-2-4-7-16)19(23)21-11-9-20(10-12-21)14-17(22)18-8-5-13-24-18/h2-8,13,15H,9-12,14H2,1H3. The van der Waals surface area contributed by atoms with Gasteiger partial charge in [0.05, 0.1) is 12.8 Å². The Morgan fingerprint density at radius 1 is 1.08 bits per heavy atom. The van der Waals surface area contributed by atoms with Gasteiger partial charge in [-0.1, -0.05) is 18.2 Å². The quantitative estimate of drug-likeness (QED) is 0.752. The zero-order chi connectivity index (χ0) is 17.6. The summed E-state index contributed by atoms with van der Waals surface area (Å²) < 4.78 is 10.8. The van der Waals surface area contributed by atoms with Crippen LogP contribution in [0.15, 0.2) is 53.1 Å². The lowest BCUT2D eigenvalue weighted by atomic mass is 10.2. The van der Waals surface area contributed by atoms with Gasteiger partial charge in [-0.05, 0) is 31.2 Å². The predicted molar refractivity (Wildman–Crippen MR) is 92.6 cm³/mol. The highest BCUT2D eigenvalue weighted by Crippen LogP contribution is 2.13. The molecule has 1 saturated heterocycles. The molecular weight excluding hydrogens is 320 g/mol. The first kappa shape index (κ1) is 17.2. The second kappa shape index (κ2) is 7.98. The highest BCUT2D eigenvalue weighted by molar-refractivity contribution is 5.95. The molecule has 1 aromatic carbocycles. The van der Waals surface area contributed by atoms with Gasteiger partial charge in [-0.3, -0.25) is 14.5 Å². The third kappa shape index (κ3) is 4.48. The van der Waals surface area contributed by atoms with Gasteiger partial charge in [-0.15, -0.1) is 0 Å². The maximum Gasteiger partial charge on any atom is 0.263 e. The SMILES string of the molecule is CC(Oc1ccccc1)C(=O)N1CCN(CC(=O)c2ccco2)CC1. The van der Waals surface area contributed by atoms with E-state index in [-0.39, 0.29) is 11.7 Å². The molecule has 1 aromatic heterocycles. The van der Waals surface area contributed by atoms with Gasteiger partial charge in [0.15, 0.2) is 11.9 Å². The summed E-state index contributed by atoms with van der Waals surface area (Å²) in [7, 11) is 0. The Hall–Kier alpha value is -2.60. The predicted octanol–water partition coefficient (Wildman–Crippen LogP) is 2.07. The van der Waals surface area contributed by atoms with Crippen LogP contribution in [0.3, 0.4) is 0 Å². The summed E-state index contributed by atoms with van der Waals surface area (Å²) in [5, 5.41) is 0. The van der Waals surface area contributed by atoms with E-state index in [9.17, 15) is 9.59 Å². The van der Waals surface area contributed by atoms with E-state index in [1.165, 1.54) is 6.26 Å². The summed E-state index contributed by atoms with van der Waals surface area (Å²) in [6.07, 6.45) is 0.969. The van der Waals surface area contributed by atoms with E-state index < -0.39 is 6.10 Å². The van der Waals surface area contributed by atoms with Crippen molar-refractivity contribution in [2.45, 2.75) is 13.0 Å². The van der Waals surface area contributed by atoms with E-state index in [0.717, 1.165) is 0 Å². The van der Waals surface area contributed by atoms with E-state index in [4.69, 9.17) is 9.15 Å². The van der Waals surface area contributed by atoms with Gasteiger partial charge < -0.3 is 14.1 Å². The van der Waals surface area contributed by atoms with Gasteiger partial charge >= 0.3 is 0 Å². The molecule has 6 nitrogen and oxygen atoms in total. The molecule has 25 heavy (non-hydrogen) atoms. The number of hydrogen-bond donors (Lipinski definition) is 0. The number of furan rings is 1. The fourth-order valence-electron chi connectivity index (χ4n) is 2.86. The third-order valence-corrected chi connectivity index (χ3v) is 4.25. The van der Waals surface area contributed by atoms with Crippen LogP contribution in [0.5, 0.6) is 5.75 Å². The summed E-state index contributed by atoms with van der Waals surface area (Å²) in [5.74, 6) is 1.00. The van der Waals surface area contributed by atoms with Crippen LogP contribution < -0.4 is 4.74 Å². The number of benzene rings is 1. The molecule has 2 heterocycles. The van der Waals surface area contributed by atoms with Crippen molar-refractivity contribution < 1.29 is 18.7 Å². The topological polar surface area (TPSA) is 63.0 Å². The number of rotatable bonds is 6. The zero-order valence-corrected chi connectivity index (χ0v) is 14.3. The van der Waals surface area contributed by atoms with Crippen molar-refractivity contribution in [3.8, 4) is 5.75 Å². The zero-order valence-electron chi connectivity index (χ0n) is 14.3. The molecule has 1 aliphatic rings. The molecule has 2 aromatic rings. The first-order valence-electron chi connectivity index (χ1n) is 8.43. The average Bonchev–Trinajstić information content (AvgIpc) is 3.17. The van der Waals surface area contributed by atoms with E-state index in [1.807, 2.05) is 35.2 Å². The van der Waals surface area contributed by atoms with Gasteiger partial charge in [0.2, 0.25) is 5.78 Å².